The summed E-state index contributed by atoms with van der Waals surface area (Å²) in [5.41, 5.74) is 2.99. The Labute approximate surface area is 154 Å². The molecule has 4 aromatic rings. The summed E-state index contributed by atoms with van der Waals surface area (Å²) in [6.45, 7) is 2.20. The number of aromatic nitrogens is 1. The van der Waals surface area contributed by atoms with Crippen LogP contribution >= 0.6 is 22.7 Å². The molecule has 1 N–H and O–H groups in total. The number of benzene rings is 2. The van der Waals surface area contributed by atoms with Crippen molar-refractivity contribution in [1.29, 1.82) is 0 Å². The molecular weight excluding hydrogens is 348 g/mol. The average molecular weight is 367 g/mol. The number of thiazole rings is 1. The molecule has 0 aliphatic heterocycles. The van der Waals surface area contributed by atoms with Gasteiger partial charge in [0, 0.05) is 15.5 Å². The molecule has 126 valence electrons. The van der Waals surface area contributed by atoms with E-state index < -0.39 is 0 Å². The lowest BCUT2D eigenvalue weighted by atomic mass is 10.1. The minimum absolute atomic E-state index is 0.0947. The summed E-state index contributed by atoms with van der Waals surface area (Å²) in [4.78, 5) is 17.2. The molecular formula is C20H18N2OS2. The summed E-state index contributed by atoms with van der Waals surface area (Å²) in [6, 6.07) is 14.3. The Kier molecular flexibility index (Phi) is 4.51. The van der Waals surface area contributed by atoms with Crippen LogP contribution in [0.3, 0.4) is 0 Å². The van der Waals surface area contributed by atoms with E-state index in [1.54, 1.807) is 11.3 Å². The van der Waals surface area contributed by atoms with E-state index in [1.165, 1.54) is 29.7 Å². The standard InChI is InChI=1S/C20H18N2OS2/c1-2-3-6-13-9-10-16-18(11-13)25-20(21-16)22-19(23)15-12-24-17-8-5-4-7-14(15)17/h4-5,7-12H,2-3,6H2,1H3,(H,21,22,23). The number of hydrogen-bond acceptors (Lipinski definition) is 4. The zero-order chi connectivity index (χ0) is 17.2. The SMILES string of the molecule is CCCCc1ccc2nc(NC(=O)c3csc4ccccc34)sc2c1. The van der Waals surface area contributed by atoms with Crippen LogP contribution < -0.4 is 5.32 Å². The first-order valence-corrected chi connectivity index (χ1v) is 10.1. The summed E-state index contributed by atoms with van der Waals surface area (Å²) in [5.74, 6) is -0.0947. The number of nitrogens with one attached hydrogen (secondary N) is 1. The fourth-order valence-electron chi connectivity index (χ4n) is 2.88. The molecule has 0 fully saturated rings. The van der Waals surface area contributed by atoms with Crippen molar-refractivity contribution in [3.63, 3.8) is 0 Å². The normalized spacial score (nSPS) is 11.2. The molecule has 0 aliphatic carbocycles. The van der Waals surface area contributed by atoms with Gasteiger partial charge in [-0.2, -0.15) is 0 Å². The Bertz CT molecular complexity index is 1050. The van der Waals surface area contributed by atoms with Gasteiger partial charge < -0.3 is 0 Å². The highest BCUT2D eigenvalue weighted by Crippen LogP contribution is 2.30. The van der Waals surface area contributed by atoms with Crippen molar-refractivity contribution in [2.45, 2.75) is 26.2 Å². The number of aryl methyl sites for hydroxylation is 1. The van der Waals surface area contributed by atoms with Crippen molar-refractivity contribution in [2.24, 2.45) is 0 Å². The third-order valence-electron chi connectivity index (χ3n) is 4.22. The molecule has 0 saturated carbocycles. The first-order chi connectivity index (χ1) is 12.2. The van der Waals surface area contributed by atoms with E-state index in [0.29, 0.717) is 10.7 Å². The van der Waals surface area contributed by atoms with Crippen molar-refractivity contribution in [2.75, 3.05) is 5.32 Å². The number of carbonyl (C=O) groups is 1. The molecule has 3 nitrogen and oxygen atoms in total. The van der Waals surface area contributed by atoms with Crippen LogP contribution in [0.2, 0.25) is 0 Å². The number of fused-ring (bicyclic) bond motifs is 2. The van der Waals surface area contributed by atoms with Gasteiger partial charge in [0.15, 0.2) is 5.13 Å². The van der Waals surface area contributed by atoms with E-state index in [2.05, 4.69) is 29.4 Å². The first kappa shape index (κ1) is 16.2. The van der Waals surface area contributed by atoms with Crippen molar-refractivity contribution in [3.05, 3.63) is 59.0 Å². The van der Waals surface area contributed by atoms with Gasteiger partial charge in [0.05, 0.1) is 15.8 Å². The number of nitrogens with zero attached hydrogens (tertiary/aromatic N) is 1. The average Bonchev–Trinajstić information content (AvgIpc) is 3.22. The maximum atomic E-state index is 12.6. The lowest BCUT2D eigenvalue weighted by Gasteiger charge is -1.99. The smallest absolute Gasteiger partial charge is 0.258 e. The van der Waals surface area contributed by atoms with Crippen LogP contribution in [0.1, 0.15) is 35.7 Å². The molecule has 25 heavy (non-hydrogen) atoms. The summed E-state index contributed by atoms with van der Waals surface area (Å²) in [6.07, 6.45) is 3.47. The largest absolute Gasteiger partial charge is 0.298 e. The lowest BCUT2D eigenvalue weighted by molar-refractivity contribution is 0.102. The molecule has 0 bridgehead atoms. The number of unbranched alkanes of at least 4 members (excludes halogenated alkanes) is 1. The highest BCUT2D eigenvalue weighted by atomic mass is 32.1. The predicted molar refractivity (Wildman–Crippen MR) is 108 cm³/mol. The molecule has 5 heteroatoms. The molecule has 2 aromatic carbocycles. The summed E-state index contributed by atoms with van der Waals surface area (Å²) >= 11 is 3.13. The Morgan fingerprint density at radius 1 is 1.16 bits per heavy atom. The first-order valence-electron chi connectivity index (χ1n) is 8.41. The van der Waals surface area contributed by atoms with E-state index in [9.17, 15) is 4.79 Å². The second-order valence-corrected chi connectivity index (χ2v) is 7.97. The summed E-state index contributed by atoms with van der Waals surface area (Å²) < 4.78 is 2.25. The van der Waals surface area contributed by atoms with Gasteiger partial charge >= 0.3 is 0 Å². The Morgan fingerprint density at radius 2 is 2.04 bits per heavy atom. The Balaban J connectivity index is 1.58. The number of amides is 1. The van der Waals surface area contributed by atoms with Crippen LogP contribution in [0.25, 0.3) is 20.3 Å². The van der Waals surface area contributed by atoms with Crippen LogP contribution in [0.4, 0.5) is 5.13 Å². The van der Waals surface area contributed by atoms with E-state index >= 15 is 0 Å². The van der Waals surface area contributed by atoms with Gasteiger partial charge in [-0.15, -0.1) is 11.3 Å². The van der Waals surface area contributed by atoms with E-state index in [4.69, 9.17) is 0 Å². The van der Waals surface area contributed by atoms with Gasteiger partial charge in [-0.3, -0.25) is 10.1 Å². The molecule has 0 spiro atoms. The van der Waals surface area contributed by atoms with Crippen molar-refractivity contribution < 1.29 is 4.79 Å². The number of thiophene rings is 1. The molecule has 0 radical (unpaired) electrons. The lowest BCUT2D eigenvalue weighted by Crippen LogP contribution is -2.10. The van der Waals surface area contributed by atoms with Gasteiger partial charge in [-0.1, -0.05) is 48.9 Å². The monoisotopic (exact) mass is 366 g/mol. The van der Waals surface area contributed by atoms with Gasteiger partial charge in [0.25, 0.3) is 5.91 Å². The molecule has 0 saturated heterocycles. The molecule has 0 aliphatic rings. The molecule has 1 amide bonds. The third kappa shape index (κ3) is 3.30. The van der Waals surface area contributed by atoms with Crippen LogP contribution in [0, 0.1) is 0 Å². The third-order valence-corrected chi connectivity index (χ3v) is 6.12. The molecule has 0 atom stereocenters. The number of anilines is 1. The molecule has 2 aromatic heterocycles. The minimum atomic E-state index is -0.0947. The van der Waals surface area contributed by atoms with Gasteiger partial charge in [-0.25, -0.2) is 4.98 Å². The Morgan fingerprint density at radius 3 is 2.92 bits per heavy atom. The summed E-state index contributed by atoms with van der Waals surface area (Å²) in [5, 5.41) is 6.53. The van der Waals surface area contributed by atoms with Crippen LogP contribution in [-0.2, 0) is 6.42 Å². The van der Waals surface area contributed by atoms with Crippen LogP contribution in [0.15, 0.2) is 47.8 Å². The zero-order valence-corrected chi connectivity index (χ0v) is 15.5. The zero-order valence-electron chi connectivity index (χ0n) is 13.9. The molecule has 4 rings (SSSR count). The maximum Gasteiger partial charge on any atom is 0.258 e. The van der Waals surface area contributed by atoms with Crippen LogP contribution in [-0.4, -0.2) is 10.9 Å². The van der Waals surface area contributed by atoms with Crippen molar-refractivity contribution in [3.8, 4) is 0 Å². The van der Waals surface area contributed by atoms with Crippen molar-refractivity contribution in [1.82, 2.24) is 4.98 Å². The number of rotatable bonds is 5. The number of hydrogen-bond donors (Lipinski definition) is 1. The quantitative estimate of drug-likeness (QED) is 0.463. The predicted octanol–water partition coefficient (Wildman–Crippen LogP) is 6.11. The minimum Gasteiger partial charge on any atom is -0.298 e. The highest BCUT2D eigenvalue weighted by molar-refractivity contribution is 7.22. The fourth-order valence-corrected chi connectivity index (χ4v) is 4.74. The van der Waals surface area contributed by atoms with E-state index in [1.807, 2.05) is 35.7 Å². The second kappa shape index (κ2) is 6.94. The Hall–Kier alpha value is -2.24. The maximum absolute atomic E-state index is 12.6. The molecule has 0 unspecified atom stereocenters. The highest BCUT2D eigenvalue weighted by Gasteiger charge is 2.14. The van der Waals surface area contributed by atoms with Gasteiger partial charge in [0.2, 0.25) is 0 Å². The van der Waals surface area contributed by atoms with Gasteiger partial charge in [0.1, 0.15) is 0 Å². The van der Waals surface area contributed by atoms with Gasteiger partial charge in [-0.05, 0) is 36.6 Å². The van der Waals surface area contributed by atoms with Crippen LogP contribution in [0.5, 0.6) is 0 Å². The van der Waals surface area contributed by atoms with E-state index in [-0.39, 0.29) is 5.91 Å². The second-order valence-electron chi connectivity index (χ2n) is 6.02. The summed E-state index contributed by atoms with van der Waals surface area (Å²) in [7, 11) is 0. The topological polar surface area (TPSA) is 42.0 Å². The molecule has 2 heterocycles. The fraction of sp³-hybridized carbons (Fsp3) is 0.200. The van der Waals surface area contributed by atoms with E-state index in [0.717, 1.165) is 26.7 Å². The van der Waals surface area contributed by atoms with Crippen molar-refractivity contribution >= 4 is 54.0 Å². The number of carbonyl (C=O) groups excluding carboxylic acids is 1.